The minimum absolute atomic E-state index is 0.0425. The van der Waals surface area contributed by atoms with Crippen molar-refractivity contribution in [3.8, 4) is 5.75 Å². The minimum Gasteiger partial charge on any atom is -0.409 e. The van der Waals surface area contributed by atoms with Crippen molar-refractivity contribution in [3.63, 3.8) is 0 Å². The lowest BCUT2D eigenvalue weighted by Crippen LogP contribution is -2.32. The smallest absolute Gasteiger partial charge is 0.409 e. The van der Waals surface area contributed by atoms with Gasteiger partial charge < -0.3 is 10.5 Å². The number of ether oxygens (including phenoxy) is 2. The molecule has 0 bridgehead atoms. The summed E-state index contributed by atoms with van der Waals surface area (Å²) in [5, 5.41) is 0. The number of alkyl halides is 2. The van der Waals surface area contributed by atoms with E-state index in [4.69, 9.17) is 5.73 Å². The fraction of sp³-hybridized carbons (Fsp3) is 0.300. The van der Waals surface area contributed by atoms with E-state index in [-0.39, 0.29) is 5.75 Å². The number of rotatable bonds is 1. The Kier molecular flexibility index (Phi) is 2.26. The van der Waals surface area contributed by atoms with Gasteiger partial charge in [-0.25, -0.2) is 0 Å². The molecule has 5 heteroatoms. The molecular formula is C10H10F2NO2. The average molecular weight is 214 g/mol. The van der Waals surface area contributed by atoms with Gasteiger partial charge in [0, 0.05) is 11.3 Å². The third-order valence-electron chi connectivity index (χ3n) is 2.26. The topological polar surface area (TPSA) is 44.5 Å². The molecule has 2 N–H and O–H groups in total. The zero-order chi connectivity index (χ0) is 11.1. The van der Waals surface area contributed by atoms with E-state index in [0.717, 1.165) is 18.6 Å². The first kappa shape index (κ1) is 10.2. The highest BCUT2D eigenvalue weighted by molar-refractivity contribution is 5.62. The van der Waals surface area contributed by atoms with Gasteiger partial charge in [0.15, 0.2) is 0 Å². The van der Waals surface area contributed by atoms with Crippen molar-refractivity contribution in [3.05, 3.63) is 29.9 Å². The molecular weight excluding hydrogens is 204 g/mol. The van der Waals surface area contributed by atoms with Gasteiger partial charge in [0.25, 0.3) is 0 Å². The second-order valence-corrected chi connectivity index (χ2v) is 3.20. The molecule has 81 valence electrons. The van der Waals surface area contributed by atoms with Crippen LogP contribution in [0.2, 0.25) is 0 Å². The standard InChI is InChI=1S/C10H10F2NO2/c1-2-6-3-4-8-7(9(6)13)5-14-10(11,12)15-8/h3-5H,2,13H2,1H3. The van der Waals surface area contributed by atoms with Crippen LogP contribution in [0.4, 0.5) is 14.5 Å². The van der Waals surface area contributed by atoms with E-state index < -0.39 is 6.29 Å². The first-order valence-corrected chi connectivity index (χ1v) is 4.52. The summed E-state index contributed by atoms with van der Waals surface area (Å²) in [5.74, 6) is 0.0425. The Balaban J connectivity index is 2.44. The van der Waals surface area contributed by atoms with E-state index in [2.05, 4.69) is 9.47 Å². The van der Waals surface area contributed by atoms with E-state index in [1.54, 1.807) is 6.07 Å². The number of hydrogen-bond donors (Lipinski definition) is 1. The maximum absolute atomic E-state index is 12.7. The lowest BCUT2D eigenvalue weighted by atomic mass is 10.0. The number of anilines is 1. The van der Waals surface area contributed by atoms with Crippen LogP contribution in [0.3, 0.4) is 0 Å². The molecule has 1 aromatic rings. The first-order chi connectivity index (χ1) is 7.03. The van der Waals surface area contributed by atoms with Crippen molar-refractivity contribution in [2.45, 2.75) is 19.6 Å². The molecule has 0 aliphatic carbocycles. The Morgan fingerprint density at radius 1 is 1.40 bits per heavy atom. The first-order valence-electron chi connectivity index (χ1n) is 4.52. The molecule has 2 rings (SSSR count). The molecule has 15 heavy (non-hydrogen) atoms. The lowest BCUT2D eigenvalue weighted by Gasteiger charge is -2.25. The van der Waals surface area contributed by atoms with Gasteiger partial charge in [-0.1, -0.05) is 13.0 Å². The predicted octanol–water partition coefficient (Wildman–Crippen LogP) is 2.30. The summed E-state index contributed by atoms with van der Waals surface area (Å²) in [6.45, 7) is 2.87. The summed E-state index contributed by atoms with van der Waals surface area (Å²) in [7, 11) is 0. The van der Waals surface area contributed by atoms with Gasteiger partial charge in [-0.2, -0.15) is 0 Å². The second kappa shape index (κ2) is 3.34. The van der Waals surface area contributed by atoms with Crippen molar-refractivity contribution in [1.29, 1.82) is 0 Å². The zero-order valence-electron chi connectivity index (χ0n) is 8.09. The quantitative estimate of drug-likeness (QED) is 0.729. The Labute approximate surface area is 85.8 Å². The van der Waals surface area contributed by atoms with Gasteiger partial charge >= 0.3 is 6.29 Å². The van der Waals surface area contributed by atoms with E-state index in [0.29, 0.717) is 11.3 Å². The highest BCUT2D eigenvalue weighted by Gasteiger charge is 2.39. The van der Waals surface area contributed by atoms with Crippen LogP contribution in [0.1, 0.15) is 18.1 Å². The maximum Gasteiger partial charge on any atom is 0.535 e. The molecule has 0 aromatic heterocycles. The molecule has 0 atom stereocenters. The Morgan fingerprint density at radius 2 is 2.13 bits per heavy atom. The highest BCUT2D eigenvalue weighted by atomic mass is 19.3. The van der Waals surface area contributed by atoms with Crippen molar-refractivity contribution >= 4 is 5.69 Å². The van der Waals surface area contributed by atoms with E-state index in [9.17, 15) is 8.78 Å². The maximum atomic E-state index is 12.7. The number of halogens is 2. The molecule has 1 aliphatic rings. The molecule has 1 radical (unpaired) electrons. The van der Waals surface area contributed by atoms with Gasteiger partial charge in [-0.15, -0.1) is 8.78 Å². The van der Waals surface area contributed by atoms with Crippen molar-refractivity contribution in [2.24, 2.45) is 0 Å². The minimum atomic E-state index is -3.60. The third kappa shape index (κ3) is 1.74. The van der Waals surface area contributed by atoms with Gasteiger partial charge in [-0.05, 0) is 18.1 Å². The molecule has 1 heterocycles. The Morgan fingerprint density at radius 3 is 2.80 bits per heavy atom. The largest absolute Gasteiger partial charge is 0.535 e. The summed E-state index contributed by atoms with van der Waals surface area (Å²) >= 11 is 0. The number of benzene rings is 1. The normalized spacial score (nSPS) is 18.1. The summed E-state index contributed by atoms with van der Waals surface area (Å²) in [6.07, 6.45) is -2.88. The number of aryl methyl sites for hydroxylation is 1. The van der Waals surface area contributed by atoms with Gasteiger partial charge in [0.05, 0.1) is 0 Å². The van der Waals surface area contributed by atoms with Crippen LogP contribution in [-0.4, -0.2) is 6.29 Å². The SMILES string of the molecule is CCc1ccc2c(c1N)[CH]OC(F)(F)O2. The monoisotopic (exact) mass is 214 g/mol. The molecule has 3 nitrogen and oxygen atoms in total. The average Bonchev–Trinajstić information content (AvgIpc) is 2.16. The third-order valence-corrected chi connectivity index (χ3v) is 2.26. The zero-order valence-corrected chi connectivity index (χ0v) is 8.09. The van der Waals surface area contributed by atoms with Crippen molar-refractivity contribution in [2.75, 3.05) is 5.73 Å². The molecule has 0 fully saturated rings. The van der Waals surface area contributed by atoms with Crippen LogP contribution in [0, 0.1) is 6.61 Å². The molecule has 1 aromatic carbocycles. The molecule has 0 saturated carbocycles. The lowest BCUT2D eigenvalue weighted by molar-refractivity contribution is -0.344. The van der Waals surface area contributed by atoms with Crippen LogP contribution in [0.15, 0.2) is 12.1 Å². The van der Waals surface area contributed by atoms with Crippen LogP contribution in [0.25, 0.3) is 0 Å². The summed E-state index contributed by atoms with van der Waals surface area (Å²) < 4.78 is 33.8. The Hall–Kier alpha value is -1.36. The second-order valence-electron chi connectivity index (χ2n) is 3.20. The van der Waals surface area contributed by atoms with E-state index in [1.807, 2.05) is 6.92 Å². The molecule has 0 unspecified atom stereocenters. The number of fused-ring (bicyclic) bond motifs is 1. The van der Waals surface area contributed by atoms with Crippen LogP contribution in [0.5, 0.6) is 5.75 Å². The Bertz CT molecular complexity index is 393. The number of nitrogens with two attached hydrogens (primary N) is 1. The fourth-order valence-corrected chi connectivity index (χ4v) is 1.46. The van der Waals surface area contributed by atoms with E-state index >= 15 is 0 Å². The van der Waals surface area contributed by atoms with Crippen molar-refractivity contribution < 1.29 is 18.3 Å². The van der Waals surface area contributed by atoms with Gasteiger partial charge in [0.2, 0.25) is 0 Å². The van der Waals surface area contributed by atoms with E-state index in [1.165, 1.54) is 6.07 Å². The molecule has 1 aliphatic heterocycles. The summed E-state index contributed by atoms with van der Waals surface area (Å²) in [6, 6.07) is 3.14. The van der Waals surface area contributed by atoms with Crippen molar-refractivity contribution in [1.82, 2.24) is 0 Å². The molecule has 0 spiro atoms. The van der Waals surface area contributed by atoms with Crippen LogP contribution < -0.4 is 10.5 Å². The van der Waals surface area contributed by atoms with Gasteiger partial charge in [0.1, 0.15) is 12.4 Å². The van der Waals surface area contributed by atoms with Crippen LogP contribution >= 0.6 is 0 Å². The number of nitrogen functional groups attached to an aromatic ring is 1. The molecule has 0 saturated heterocycles. The number of hydrogen-bond acceptors (Lipinski definition) is 3. The summed E-state index contributed by atoms with van der Waals surface area (Å²) in [4.78, 5) is 0. The summed E-state index contributed by atoms with van der Waals surface area (Å²) in [5.41, 5.74) is 7.44. The highest BCUT2D eigenvalue weighted by Crippen LogP contribution is 2.38. The van der Waals surface area contributed by atoms with Gasteiger partial charge in [-0.3, -0.25) is 4.74 Å². The van der Waals surface area contributed by atoms with Crippen LogP contribution in [-0.2, 0) is 11.2 Å². The predicted molar refractivity (Wildman–Crippen MR) is 50.3 cm³/mol. The molecule has 0 amide bonds. The fourth-order valence-electron chi connectivity index (χ4n) is 1.46.